The minimum absolute atomic E-state index is 0.00616. The third-order valence-corrected chi connectivity index (χ3v) is 3.60. The van der Waals surface area contributed by atoms with Gasteiger partial charge in [-0.05, 0) is 17.7 Å². The van der Waals surface area contributed by atoms with Gasteiger partial charge in [-0.25, -0.2) is 4.98 Å². The van der Waals surface area contributed by atoms with Crippen molar-refractivity contribution in [2.24, 2.45) is 0 Å². The van der Waals surface area contributed by atoms with E-state index in [4.69, 9.17) is 0 Å². The highest BCUT2D eigenvalue weighted by atomic mass is 79.9. The fourth-order valence-corrected chi connectivity index (χ4v) is 2.62. The van der Waals surface area contributed by atoms with Gasteiger partial charge in [0.15, 0.2) is 0 Å². The van der Waals surface area contributed by atoms with Crippen molar-refractivity contribution in [2.45, 2.75) is 32.7 Å². The Morgan fingerprint density at radius 1 is 1.33 bits per heavy atom. The molecular formula is C13H16BrN3S. The average molecular weight is 326 g/mol. The van der Waals surface area contributed by atoms with Crippen LogP contribution in [-0.4, -0.2) is 9.36 Å². The summed E-state index contributed by atoms with van der Waals surface area (Å²) in [6.07, 6.45) is 0. The largest absolute Gasteiger partial charge is 0.356 e. The van der Waals surface area contributed by atoms with E-state index >= 15 is 0 Å². The van der Waals surface area contributed by atoms with E-state index in [9.17, 15) is 0 Å². The van der Waals surface area contributed by atoms with Gasteiger partial charge >= 0.3 is 0 Å². The van der Waals surface area contributed by atoms with Crippen LogP contribution < -0.4 is 5.32 Å². The first-order valence-electron chi connectivity index (χ1n) is 5.77. The monoisotopic (exact) mass is 325 g/mol. The van der Waals surface area contributed by atoms with Crippen LogP contribution in [0.3, 0.4) is 0 Å². The number of anilines is 1. The van der Waals surface area contributed by atoms with E-state index in [0.29, 0.717) is 0 Å². The maximum absolute atomic E-state index is 4.50. The highest BCUT2D eigenvalue weighted by molar-refractivity contribution is 9.10. The van der Waals surface area contributed by atoms with E-state index in [1.807, 2.05) is 12.1 Å². The fourth-order valence-electron chi connectivity index (χ4n) is 1.42. The molecule has 0 saturated carbocycles. The summed E-state index contributed by atoms with van der Waals surface area (Å²) in [6.45, 7) is 7.12. The molecule has 0 atom stereocenters. The van der Waals surface area contributed by atoms with Crippen LogP contribution in [0.1, 0.15) is 32.2 Å². The molecule has 1 aromatic heterocycles. The number of hydrogen-bond donors (Lipinski definition) is 1. The molecule has 0 unspecified atom stereocenters. The second-order valence-corrected chi connectivity index (χ2v) is 6.82. The molecule has 1 aromatic carbocycles. The van der Waals surface area contributed by atoms with Crippen LogP contribution in [-0.2, 0) is 12.0 Å². The average Bonchev–Trinajstić information content (AvgIpc) is 2.74. The van der Waals surface area contributed by atoms with Gasteiger partial charge in [0.05, 0.1) is 0 Å². The van der Waals surface area contributed by atoms with E-state index in [2.05, 4.69) is 63.5 Å². The van der Waals surface area contributed by atoms with Crippen LogP contribution >= 0.6 is 27.5 Å². The van der Waals surface area contributed by atoms with Gasteiger partial charge in [0.1, 0.15) is 5.82 Å². The van der Waals surface area contributed by atoms with Crippen molar-refractivity contribution in [1.29, 1.82) is 0 Å². The standard InChI is InChI=1S/C13H16BrN3S/c1-13(2,3)11-16-12(18-17-11)15-8-9-5-4-6-10(14)7-9/h4-7H,8H2,1-3H3,(H,15,16,17). The smallest absolute Gasteiger partial charge is 0.202 e. The molecule has 1 heterocycles. The molecule has 0 saturated heterocycles. The summed E-state index contributed by atoms with van der Waals surface area (Å²) < 4.78 is 5.47. The van der Waals surface area contributed by atoms with Crippen molar-refractivity contribution in [3.63, 3.8) is 0 Å². The van der Waals surface area contributed by atoms with Gasteiger partial charge in [-0.1, -0.05) is 48.8 Å². The van der Waals surface area contributed by atoms with Crippen LogP contribution in [0.4, 0.5) is 5.13 Å². The molecule has 96 valence electrons. The van der Waals surface area contributed by atoms with Gasteiger partial charge in [-0.3, -0.25) is 0 Å². The molecule has 0 fully saturated rings. The van der Waals surface area contributed by atoms with Gasteiger partial charge in [0, 0.05) is 28.0 Å². The second-order valence-electron chi connectivity index (χ2n) is 5.16. The predicted molar refractivity (Wildman–Crippen MR) is 80.1 cm³/mol. The maximum atomic E-state index is 4.50. The Morgan fingerprint density at radius 3 is 2.72 bits per heavy atom. The first kappa shape index (κ1) is 13.5. The molecule has 0 bridgehead atoms. The number of rotatable bonds is 3. The van der Waals surface area contributed by atoms with Crippen molar-refractivity contribution in [3.8, 4) is 0 Å². The molecule has 0 aliphatic rings. The summed E-state index contributed by atoms with van der Waals surface area (Å²) in [7, 11) is 0. The van der Waals surface area contributed by atoms with Crippen molar-refractivity contribution in [3.05, 3.63) is 40.1 Å². The van der Waals surface area contributed by atoms with Gasteiger partial charge in [-0.15, -0.1) is 0 Å². The van der Waals surface area contributed by atoms with Crippen LogP contribution in [0, 0.1) is 0 Å². The van der Waals surface area contributed by atoms with Crippen LogP contribution in [0.25, 0.3) is 0 Å². The van der Waals surface area contributed by atoms with E-state index in [1.54, 1.807) is 0 Å². The van der Waals surface area contributed by atoms with Gasteiger partial charge in [0.25, 0.3) is 0 Å². The Hall–Kier alpha value is -0.940. The number of aromatic nitrogens is 2. The first-order chi connectivity index (χ1) is 8.45. The molecule has 1 N–H and O–H groups in total. The third-order valence-electron chi connectivity index (χ3n) is 2.43. The Labute approximate surface area is 120 Å². The van der Waals surface area contributed by atoms with Gasteiger partial charge < -0.3 is 5.32 Å². The number of nitrogens with one attached hydrogen (secondary N) is 1. The molecule has 2 aromatic rings. The molecule has 0 spiro atoms. The minimum Gasteiger partial charge on any atom is -0.356 e. The highest BCUT2D eigenvalue weighted by Gasteiger charge is 2.19. The SMILES string of the molecule is CC(C)(C)c1nsc(NCc2cccc(Br)c2)n1. The van der Waals surface area contributed by atoms with Gasteiger partial charge in [-0.2, -0.15) is 4.37 Å². The summed E-state index contributed by atoms with van der Waals surface area (Å²) in [5.74, 6) is 0.893. The van der Waals surface area contributed by atoms with E-state index < -0.39 is 0 Å². The lowest BCUT2D eigenvalue weighted by Crippen LogP contribution is -2.13. The van der Waals surface area contributed by atoms with E-state index in [1.165, 1.54) is 17.1 Å². The quantitative estimate of drug-likeness (QED) is 0.918. The first-order valence-corrected chi connectivity index (χ1v) is 7.34. The zero-order valence-corrected chi connectivity index (χ0v) is 13.1. The predicted octanol–water partition coefficient (Wildman–Crippen LogP) is 4.21. The Kier molecular flexibility index (Phi) is 4.02. The van der Waals surface area contributed by atoms with Crippen molar-refractivity contribution in [1.82, 2.24) is 9.36 Å². The topological polar surface area (TPSA) is 37.8 Å². The summed E-state index contributed by atoms with van der Waals surface area (Å²) in [6, 6.07) is 8.23. The fraction of sp³-hybridized carbons (Fsp3) is 0.385. The van der Waals surface area contributed by atoms with Crippen molar-refractivity contribution in [2.75, 3.05) is 5.32 Å². The number of nitrogens with zero attached hydrogens (tertiary/aromatic N) is 2. The van der Waals surface area contributed by atoms with E-state index in [-0.39, 0.29) is 5.41 Å². The van der Waals surface area contributed by atoms with E-state index in [0.717, 1.165) is 22.0 Å². The molecule has 5 heteroatoms. The maximum Gasteiger partial charge on any atom is 0.202 e. The molecule has 0 radical (unpaired) electrons. The van der Waals surface area contributed by atoms with Crippen LogP contribution in [0.2, 0.25) is 0 Å². The molecule has 0 amide bonds. The molecule has 2 rings (SSSR count). The lowest BCUT2D eigenvalue weighted by Gasteiger charge is -2.12. The minimum atomic E-state index is 0.00616. The zero-order valence-electron chi connectivity index (χ0n) is 10.7. The zero-order chi connectivity index (χ0) is 13.2. The Balaban J connectivity index is 2.01. The lowest BCUT2D eigenvalue weighted by atomic mass is 9.96. The third kappa shape index (κ3) is 3.53. The second kappa shape index (κ2) is 5.36. The van der Waals surface area contributed by atoms with Gasteiger partial charge in [0.2, 0.25) is 5.13 Å². The lowest BCUT2D eigenvalue weighted by molar-refractivity contribution is 0.555. The number of hydrogen-bond acceptors (Lipinski definition) is 4. The Bertz CT molecular complexity index is 531. The molecule has 3 nitrogen and oxygen atoms in total. The summed E-state index contributed by atoms with van der Waals surface area (Å²) in [5.41, 5.74) is 1.23. The van der Waals surface area contributed by atoms with Crippen molar-refractivity contribution >= 4 is 32.6 Å². The highest BCUT2D eigenvalue weighted by Crippen LogP contribution is 2.23. The molecule has 18 heavy (non-hydrogen) atoms. The summed E-state index contributed by atoms with van der Waals surface area (Å²) in [5, 5.41) is 4.18. The normalized spacial score (nSPS) is 11.6. The molecule has 0 aliphatic heterocycles. The number of halogens is 1. The molecule has 0 aliphatic carbocycles. The molecular weight excluding hydrogens is 310 g/mol. The van der Waals surface area contributed by atoms with Crippen LogP contribution in [0.5, 0.6) is 0 Å². The Morgan fingerprint density at radius 2 is 2.11 bits per heavy atom. The number of benzene rings is 1. The van der Waals surface area contributed by atoms with Crippen molar-refractivity contribution < 1.29 is 0 Å². The van der Waals surface area contributed by atoms with Crippen LogP contribution in [0.15, 0.2) is 28.7 Å². The summed E-state index contributed by atoms with van der Waals surface area (Å²) in [4.78, 5) is 4.50. The summed E-state index contributed by atoms with van der Waals surface area (Å²) >= 11 is 4.88.